The van der Waals surface area contributed by atoms with Gasteiger partial charge in [0.1, 0.15) is 90.5 Å². The molecule has 0 saturated carbocycles. The highest BCUT2D eigenvalue weighted by Gasteiger charge is 2.52. The predicted octanol–water partition coefficient (Wildman–Crippen LogP) is -4.11. The molecule has 3 aliphatic rings. The highest BCUT2D eigenvalue weighted by molar-refractivity contribution is 6.07. The number of aryl methyl sites for hydroxylation is 1. The summed E-state index contributed by atoms with van der Waals surface area (Å²) < 4.78 is 39.0. The van der Waals surface area contributed by atoms with E-state index in [0.29, 0.717) is 10.9 Å². The fourth-order valence-electron chi connectivity index (χ4n) is 6.40. The summed E-state index contributed by atoms with van der Waals surface area (Å²) in [6, 6.07) is 4.55. The molecule has 5 rings (SSSR count). The number of hydrogen-bond acceptors (Lipinski definition) is 19. The van der Waals surface area contributed by atoms with Gasteiger partial charge in [0.15, 0.2) is 18.4 Å². The molecule has 0 unspecified atom stereocenters. The Morgan fingerprint density at radius 3 is 1.90 bits per heavy atom. The van der Waals surface area contributed by atoms with Crippen LogP contribution in [0.15, 0.2) is 18.2 Å². The van der Waals surface area contributed by atoms with Crippen molar-refractivity contribution in [3.63, 3.8) is 0 Å². The van der Waals surface area contributed by atoms with Crippen LogP contribution < -0.4 is 9.47 Å². The van der Waals surface area contributed by atoms with E-state index in [4.69, 9.17) is 33.2 Å². The summed E-state index contributed by atoms with van der Waals surface area (Å²) in [5.41, 5.74) is 0.496. The number of ether oxygens (including phenoxy) is 7. The predicted molar refractivity (Wildman–Crippen MR) is 167 cm³/mol. The van der Waals surface area contributed by atoms with Crippen LogP contribution in [-0.4, -0.2) is 181 Å². The maximum Gasteiger partial charge on any atom is 0.229 e. The summed E-state index contributed by atoms with van der Waals surface area (Å²) in [5.74, 6) is -0.689. The van der Waals surface area contributed by atoms with Crippen LogP contribution in [0.1, 0.15) is 22.8 Å². The molecule has 19 nitrogen and oxygen atoms in total. The molecule has 3 fully saturated rings. The van der Waals surface area contributed by atoms with Crippen molar-refractivity contribution in [1.82, 2.24) is 0 Å². The van der Waals surface area contributed by atoms with Gasteiger partial charge in [0.25, 0.3) is 0 Å². The molecule has 51 heavy (non-hydrogen) atoms. The first-order valence-electron chi connectivity index (χ1n) is 16.0. The number of ketones is 1. The number of carbonyl (C=O) groups excluding carboxylic acids is 1. The van der Waals surface area contributed by atoms with E-state index >= 15 is 0 Å². The minimum Gasteiger partial charge on any atom is -0.506 e. The van der Waals surface area contributed by atoms with Crippen molar-refractivity contribution < 1.29 is 94.1 Å². The molecule has 19 heteroatoms. The van der Waals surface area contributed by atoms with E-state index in [1.807, 2.05) is 0 Å². The second-order valence-corrected chi connectivity index (χ2v) is 12.7. The molecule has 3 saturated heterocycles. The first kappa shape index (κ1) is 39.4. The zero-order valence-electron chi connectivity index (χ0n) is 27.7. The number of aliphatic hydroxyl groups is 10. The Morgan fingerprint density at radius 2 is 1.29 bits per heavy atom. The number of phenols is 1. The SMILES string of the molecule is COc1cc(O[C@H]2O[C@H](CO[C@H]3O[C@H](CO)[C@@H](O)[C@@H](O[C@H]4O[C@H](CO)[C@@H](O)[C@@H](O)[C@H]4O)[C@H]3O)[C@@H](O)[C@H](O)[C@H]2O)c2c(O)c(C(C)=O)c(C)cc2c1. The molecule has 3 aliphatic heterocycles. The Hall–Kier alpha value is -2.83. The van der Waals surface area contributed by atoms with Gasteiger partial charge in [-0.1, -0.05) is 6.07 Å². The lowest BCUT2D eigenvalue weighted by atomic mass is 9.96. The van der Waals surface area contributed by atoms with E-state index < -0.39 is 123 Å². The first-order chi connectivity index (χ1) is 24.1. The molecule has 3 heterocycles. The van der Waals surface area contributed by atoms with Gasteiger partial charge in [-0.15, -0.1) is 0 Å². The summed E-state index contributed by atoms with van der Waals surface area (Å²) in [7, 11) is 1.38. The largest absolute Gasteiger partial charge is 0.506 e. The Kier molecular flexibility index (Phi) is 12.4. The lowest BCUT2D eigenvalue weighted by molar-refractivity contribution is -0.364. The number of Topliss-reactive ketones (excluding diaryl/α,β-unsaturated/α-hetero) is 1. The Bertz CT molecular complexity index is 1520. The summed E-state index contributed by atoms with van der Waals surface area (Å²) >= 11 is 0. The Labute approximate surface area is 290 Å². The number of hydrogen-bond donors (Lipinski definition) is 11. The molecule has 11 N–H and O–H groups in total. The van der Waals surface area contributed by atoms with Gasteiger partial charge >= 0.3 is 0 Å². The minimum atomic E-state index is -1.90. The fraction of sp³-hybridized carbons (Fsp3) is 0.656. The molecule has 286 valence electrons. The van der Waals surface area contributed by atoms with Crippen LogP contribution in [0, 0.1) is 6.92 Å². The van der Waals surface area contributed by atoms with Gasteiger partial charge < -0.3 is 89.3 Å². The van der Waals surface area contributed by atoms with E-state index in [1.165, 1.54) is 20.1 Å². The van der Waals surface area contributed by atoms with Crippen molar-refractivity contribution in [2.75, 3.05) is 26.9 Å². The third-order valence-corrected chi connectivity index (χ3v) is 9.23. The number of rotatable bonds is 11. The van der Waals surface area contributed by atoms with Gasteiger partial charge in [-0.05, 0) is 30.9 Å². The number of methoxy groups -OCH3 is 1. The van der Waals surface area contributed by atoms with Gasteiger partial charge in [-0.25, -0.2) is 0 Å². The molecule has 15 atom stereocenters. The molecule has 0 amide bonds. The summed E-state index contributed by atoms with van der Waals surface area (Å²) in [6.45, 7) is 0.627. The van der Waals surface area contributed by atoms with E-state index in [1.54, 1.807) is 19.1 Å². The van der Waals surface area contributed by atoms with Crippen molar-refractivity contribution in [3.05, 3.63) is 29.3 Å². The number of fused-ring (bicyclic) bond motifs is 1. The van der Waals surface area contributed by atoms with Crippen LogP contribution in [-0.2, 0) is 23.7 Å². The third-order valence-electron chi connectivity index (χ3n) is 9.23. The zero-order valence-corrected chi connectivity index (χ0v) is 27.7. The third kappa shape index (κ3) is 7.65. The summed E-state index contributed by atoms with van der Waals surface area (Å²) in [4.78, 5) is 12.3. The van der Waals surface area contributed by atoms with Gasteiger partial charge in [0.05, 0.1) is 37.9 Å². The molecule has 2 aromatic rings. The highest BCUT2D eigenvalue weighted by Crippen LogP contribution is 2.42. The summed E-state index contributed by atoms with van der Waals surface area (Å²) in [5, 5.41) is 116. The molecule has 0 radical (unpaired) electrons. The van der Waals surface area contributed by atoms with Crippen molar-refractivity contribution in [1.29, 1.82) is 0 Å². The molecule has 0 aromatic heterocycles. The minimum absolute atomic E-state index is 0.0236. The lowest BCUT2D eigenvalue weighted by Crippen LogP contribution is -2.65. The smallest absolute Gasteiger partial charge is 0.229 e. The summed E-state index contributed by atoms with van der Waals surface area (Å²) in [6.07, 6.45) is -25.9. The maximum absolute atomic E-state index is 12.3. The molecular formula is C32H44O19. The van der Waals surface area contributed by atoms with E-state index in [-0.39, 0.29) is 22.4 Å². The molecular weight excluding hydrogens is 688 g/mol. The highest BCUT2D eigenvalue weighted by atomic mass is 16.7. The average Bonchev–Trinajstić information content (AvgIpc) is 3.09. The van der Waals surface area contributed by atoms with Crippen molar-refractivity contribution in [3.8, 4) is 17.2 Å². The van der Waals surface area contributed by atoms with Crippen LogP contribution in [0.3, 0.4) is 0 Å². The van der Waals surface area contributed by atoms with E-state index in [9.17, 15) is 61.0 Å². The number of phenolic OH excluding ortho intramolecular Hbond substituents is 1. The zero-order chi connectivity index (χ0) is 37.5. The number of benzene rings is 2. The van der Waals surface area contributed by atoms with Crippen LogP contribution in [0.25, 0.3) is 10.8 Å². The van der Waals surface area contributed by atoms with Crippen molar-refractivity contribution in [2.24, 2.45) is 0 Å². The first-order valence-corrected chi connectivity index (χ1v) is 16.0. The van der Waals surface area contributed by atoms with Gasteiger partial charge in [0.2, 0.25) is 6.29 Å². The number of carbonyl (C=O) groups is 1. The van der Waals surface area contributed by atoms with Crippen LogP contribution in [0.4, 0.5) is 0 Å². The van der Waals surface area contributed by atoms with Crippen LogP contribution in [0.2, 0.25) is 0 Å². The average molecular weight is 733 g/mol. The van der Waals surface area contributed by atoms with E-state index in [2.05, 4.69) is 0 Å². The van der Waals surface area contributed by atoms with E-state index in [0.717, 1.165) is 0 Å². The molecule has 0 bridgehead atoms. The lowest BCUT2D eigenvalue weighted by Gasteiger charge is -2.46. The van der Waals surface area contributed by atoms with Gasteiger partial charge in [-0.2, -0.15) is 0 Å². The Balaban J connectivity index is 1.35. The second-order valence-electron chi connectivity index (χ2n) is 12.7. The normalized spacial score (nSPS) is 38.8. The molecule has 2 aromatic carbocycles. The Morgan fingerprint density at radius 1 is 0.725 bits per heavy atom. The standard InChI is InChI=1S/C32H44O19/c1-10-4-12-5-13(45-3)6-14(19(12)23(39)18(10)11(2)35)47-31-26(42)25(41)21(37)17(50-31)9-46-30-28(44)29(22(38)16(8-34)48-30)51-32-27(43)24(40)20(36)15(7-33)49-32/h4-6,15-17,20-22,24-34,36-44H,7-9H2,1-3H3/t15-,16-,17-,20-,21-,22-,24-,25+,26-,27-,28-,29-,30+,31+,32-/m1/s1. The van der Waals surface area contributed by atoms with Crippen LogP contribution >= 0.6 is 0 Å². The van der Waals surface area contributed by atoms with Crippen LogP contribution in [0.5, 0.6) is 17.2 Å². The quantitative estimate of drug-likeness (QED) is 0.0978. The number of aliphatic hydroxyl groups excluding tert-OH is 10. The monoisotopic (exact) mass is 732 g/mol. The fourth-order valence-corrected chi connectivity index (χ4v) is 6.40. The number of aromatic hydroxyl groups is 1. The second kappa shape index (κ2) is 16.0. The topological polar surface area (TPSA) is 304 Å². The van der Waals surface area contributed by atoms with Gasteiger partial charge in [-0.3, -0.25) is 4.79 Å². The van der Waals surface area contributed by atoms with Crippen molar-refractivity contribution in [2.45, 2.75) is 106 Å². The molecule has 0 aliphatic carbocycles. The maximum atomic E-state index is 12.3. The molecule has 0 spiro atoms. The van der Waals surface area contributed by atoms with Crippen molar-refractivity contribution >= 4 is 16.6 Å². The van der Waals surface area contributed by atoms with Gasteiger partial charge in [0, 0.05) is 6.07 Å².